The Morgan fingerprint density at radius 1 is 0.792 bits per heavy atom. The van der Waals surface area contributed by atoms with Crippen molar-refractivity contribution in [2.45, 2.75) is 25.8 Å². The standard InChI is InChI=1S/C37H37ClN2O7S/c1-20-8-11-23(14-22-15-26(42-2)34(46-6)27(16-22)43-3)32-31(20)33(24-18-28(44-4)35(47-7)29(19-24)45-5)40-36(41)30(48-37(40)39-32)17-21-9-12-25(38)13-10-21/h9-10,12-20,33H,8,11H2,1-7H3/b23-14+,30-17+. The molecular formula is C37H37ClN2O7S. The molecule has 0 saturated carbocycles. The van der Waals surface area contributed by atoms with Crippen LogP contribution in [0.25, 0.3) is 12.2 Å². The Labute approximate surface area is 287 Å². The van der Waals surface area contributed by atoms with Crippen LogP contribution in [0.15, 0.2) is 75.2 Å². The molecule has 0 fully saturated rings. The first kappa shape index (κ1) is 33.2. The third kappa shape index (κ3) is 5.95. The molecule has 1 aliphatic carbocycles. The van der Waals surface area contributed by atoms with Crippen molar-refractivity contribution in [3.05, 3.63) is 107 Å². The van der Waals surface area contributed by atoms with E-state index in [1.807, 2.05) is 54.6 Å². The Bertz CT molecular complexity index is 2060. The first-order valence-electron chi connectivity index (χ1n) is 15.4. The van der Waals surface area contributed by atoms with E-state index in [0.29, 0.717) is 48.9 Å². The second kappa shape index (κ2) is 13.8. The first-order chi connectivity index (χ1) is 23.2. The summed E-state index contributed by atoms with van der Waals surface area (Å²) in [7, 11) is 9.54. The van der Waals surface area contributed by atoms with Crippen LogP contribution >= 0.6 is 22.9 Å². The van der Waals surface area contributed by atoms with Gasteiger partial charge in [0.15, 0.2) is 27.8 Å². The van der Waals surface area contributed by atoms with Gasteiger partial charge < -0.3 is 28.4 Å². The van der Waals surface area contributed by atoms with Gasteiger partial charge in [-0.2, -0.15) is 0 Å². The fourth-order valence-electron chi connectivity index (χ4n) is 6.45. The van der Waals surface area contributed by atoms with Crippen molar-refractivity contribution in [1.82, 2.24) is 4.57 Å². The summed E-state index contributed by atoms with van der Waals surface area (Å²) >= 11 is 7.50. The van der Waals surface area contributed by atoms with Crippen molar-refractivity contribution in [2.75, 3.05) is 42.7 Å². The lowest BCUT2D eigenvalue weighted by Gasteiger charge is -2.35. The van der Waals surface area contributed by atoms with Gasteiger partial charge in [0.05, 0.1) is 58.9 Å². The van der Waals surface area contributed by atoms with Crippen molar-refractivity contribution in [3.63, 3.8) is 0 Å². The van der Waals surface area contributed by atoms with Crippen LogP contribution in [0.2, 0.25) is 5.02 Å². The Balaban J connectivity index is 1.64. The third-order valence-corrected chi connectivity index (χ3v) is 9.99. The normalized spacial score (nSPS) is 18.2. The highest BCUT2D eigenvalue weighted by Gasteiger charge is 2.37. The van der Waals surface area contributed by atoms with E-state index in [9.17, 15) is 4.79 Å². The number of methoxy groups -OCH3 is 6. The maximum atomic E-state index is 14.3. The molecule has 0 N–H and O–H groups in total. The van der Waals surface area contributed by atoms with Gasteiger partial charge in [0.1, 0.15) is 0 Å². The van der Waals surface area contributed by atoms with Crippen molar-refractivity contribution in [1.29, 1.82) is 0 Å². The lowest BCUT2D eigenvalue weighted by molar-refractivity contribution is 0.323. The van der Waals surface area contributed by atoms with Crippen LogP contribution in [-0.4, -0.2) is 47.2 Å². The number of aromatic nitrogens is 1. The maximum Gasteiger partial charge on any atom is 0.271 e. The van der Waals surface area contributed by atoms with E-state index < -0.39 is 6.04 Å². The van der Waals surface area contributed by atoms with Crippen LogP contribution in [0.1, 0.15) is 42.5 Å². The maximum absolute atomic E-state index is 14.3. The molecule has 1 aliphatic heterocycles. The summed E-state index contributed by atoms with van der Waals surface area (Å²) in [5.74, 6) is 3.26. The summed E-state index contributed by atoms with van der Waals surface area (Å²) < 4.78 is 36.3. The largest absolute Gasteiger partial charge is 0.493 e. The lowest BCUT2D eigenvalue weighted by Crippen LogP contribution is -2.40. The molecule has 1 aromatic heterocycles. The van der Waals surface area contributed by atoms with Crippen molar-refractivity contribution in [3.8, 4) is 34.5 Å². The molecular weight excluding hydrogens is 652 g/mol. The monoisotopic (exact) mass is 688 g/mol. The molecule has 2 unspecified atom stereocenters. The molecule has 6 rings (SSSR count). The van der Waals surface area contributed by atoms with Gasteiger partial charge in [-0.15, -0.1) is 0 Å². The second-order valence-electron chi connectivity index (χ2n) is 11.5. The number of allylic oxidation sites excluding steroid dienone is 2. The fourth-order valence-corrected chi connectivity index (χ4v) is 7.58. The summed E-state index contributed by atoms with van der Waals surface area (Å²) in [6.45, 7) is 2.19. The van der Waals surface area contributed by atoms with E-state index in [1.165, 1.54) is 11.3 Å². The van der Waals surface area contributed by atoms with Crippen LogP contribution in [-0.2, 0) is 0 Å². The van der Waals surface area contributed by atoms with E-state index in [1.54, 1.807) is 47.2 Å². The fraction of sp³-hybridized carbons (Fsp3) is 0.297. The minimum absolute atomic E-state index is 0.119. The number of rotatable bonds is 9. The highest BCUT2D eigenvalue weighted by atomic mass is 35.5. The van der Waals surface area contributed by atoms with Crippen LogP contribution in [0.3, 0.4) is 0 Å². The van der Waals surface area contributed by atoms with Crippen LogP contribution in [0, 0.1) is 5.92 Å². The van der Waals surface area contributed by atoms with Gasteiger partial charge in [-0.05, 0) is 95.1 Å². The van der Waals surface area contributed by atoms with Gasteiger partial charge in [-0.1, -0.05) is 42.0 Å². The number of halogens is 1. The van der Waals surface area contributed by atoms with E-state index in [4.69, 9.17) is 45.0 Å². The third-order valence-electron chi connectivity index (χ3n) is 8.75. The summed E-state index contributed by atoms with van der Waals surface area (Å²) in [5, 5.41) is 0.629. The minimum atomic E-state index is -0.476. The Morgan fingerprint density at radius 3 is 1.90 bits per heavy atom. The van der Waals surface area contributed by atoms with Crippen LogP contribution in [0.4, 0.5) is 0 Å². The molecule has 3 aromatic carbocycles. The number of benzene rings is 3. The molecule has 0 radical (unpaired) electrons. The molecule has 0 saturated heterocycles. The predicted molar refractivity (Wildman–Crippen MR) is 188 cm³/mol. The number of hydrogen-bond acceptors (Lipinski definition) is 9. The molecule has 0 amide bonds. The highest BCUT2D eigenvalue weighted by molar-refractivity contribution is 7.07. The lowest BCUT2D eigenvalue weighted by atomic mass is 9.77. The molecule has 0 spiro atoms. The molecule has 11 heteroatoms. The smallest absolute Gasteiger partial charge is 0.271 e. The number of nitrogens with zero attached hydrogens (tertiary/aromatic N) is 2. The molecule has 2 aliphatic rings. The first-order valence-corrected chi connectivity index (χ1v) is 16.6. The quantitative estimate of drug-likeness (QED) is 0.200. The SMILES string of the molecule is COc1cc(/C=C2\CCC(C)C3=C2N=c2s/c(=C/c4ccc(Cl)cc4)c(=O)n2C3c2cc(OC)c(OC)c(OC)c2)cc(OC)c1OC. The number of thiazole rings is 1. The van der Waals surface area contributed by atoms with Gasteiger partial charge in [-0.3, -0.25) is 9.36 Å². The van der Waals surface area contributed by atoms with E-state index in [-0.39, 0.29) is 11.5 Å². The summed E-state index contributed by atoms with van der Waals surface area (Å²) in [6.07, 6.45) is 5.65. The molecule has 9 nitrogen and oxygen atoms in total. The topological polar surface area (TPSA) is 89.7 Å². The summed E-state index contributed by atoms with van der Waals surface area (Å²) in [4.78, 5) is 20.2. The van der Waals surface area contributed by atoms with Crippen molar-refractivity contribution < 1.29 is 28.4 Å². The molecule has 48 heavy (non-hydrogen) atoms. The summed E-state index contributed by atoms with van der Waals surface area (Å²) in [5.41, 5.74) is 5.39. The van der Waals surface area contributed by atoms with E-state index >= 15 is 0 Å². The zero-order valence-electron chi connectivity index (χ0n) is 27.9. The molecule has 4 aromatic rings. The number of hydrogen-bond donors (Lipinski definition) is 0. The van der Waals surface area contributed by atoms with Gasteiger partial charge in [0.2, 0.25) is 11.5 Å². The van der Waals surface area contributed by atoms with Crippen LogP contribution in [0.5, 0.6) is 34.5 Å². The Hall–Kier alpha value is -4.67. The Morgan fingerprint density at radius 2 is 1.35 bits per heavy atom. The average molecular weight is 689 g/mol. The average Bonchev–Trinajstić information content (AvgIpc) is 3.42. The van der Waals surface area contributed by atoms with E-state index in [2.05, 4.69) is 13.0 Å². The van der Waals surface area contributed by atoms with Gasteiger partial charge in [0, 0.05) is 5.02 Å². The van der Waals surface area contributed by atoms with Gasteiger partial charge >= 0.3 is 0 Å². The summed E-state index contributed by atoms with van der Waals surface area (Å²) in [6, 6.07) is 14.6. The van der Waals surface area contributed by atoms with Gasteiger partial charge in [0.25, 0.3) is 5.56 Å². The minimum Gasteiger partial charge on any atom is -0.493 e. The van der Waals surface area contributed by atoms with Crippen LogP contribution < -0.4 is 43.3 Å². The molecule has 2 heterocycles. The number of fused-ring (bicyclic) bond motifs is 1. The molecule has 250 valence electrons. The second-order valence-corrected chi connectivity index (χ2v) is 12.9. The Kier molecular flexibility index (Phi) is 9.57. The van der Waals surface area contributed by atoms with Crippen molar-refractivity contribution in [2.24, 2.45) is 10.9 Å². The molecule has 0 bridgehead atoms. The van der Waals surface area contributed by atoms with Gasteiger partial charge in [-0.25, -0.2) is 4.99 Å². The van der Waals surface area contributed by atoms with Crippen molar-refractivity contribution >= 4 is 35.1 Å². The predicted octanol–water partition coefficient (Wildman–Crippen LogP) is 6.43. The zero-order valence-corrected chi connectivity index (χ0v) is 29.5. The highest BCUT2D eigenvalue weighted by Crippen LogP contribution is 2.48. The number of ether oxygens (including phenoxy) is 6. The molecule has 2 atom stereocenters. The zero-order chi connectivity index (χ0) is 34.1. The van der Waals surface area contributed by atoms with E-state index in [0.717, 1.165) is 46.4 Å².